The van der Waals surface area contributed by atoms with Crippen molar-refractivity contribution in [3.05, 3.63) is 65.2 Å². The van der Waals surface area contributed by atoms with Gasteiger partial charge in [0.1, 0.15) is 18.0 Å². The Bertz CT molecular complexity index is 711. The topological polar surface area (TPSA) is 32.7 Å². The van der Waals surface area contributed by atoms with Gasteiger partial charge >= 0.3 is 0 Å². The maximum atomic E-state index is 10.9. The molecular weight excluding hydrogens is 346 g/mol. The van der Waals surface area contributed by atoms with Crippen molar-refractivity contribution in [2.45, 2.75) is 44.2 Å². The highest BCUT2D eigenvalue weighted by Crippen LogP contribution is 2.28. The smallest absolute Gasteiger partial charge is 0.119 e. The number of nitrogens with zero attached hydrogens (tertiary/aromatic N) is 1. The highest BCUT2D eigenvalue weighted by molar-refractivity contribution is 5.85. The summed E-state index contributed by atoms with van der Waals surface area (Å²) in [6.45, 7) is 3.19. The van der Waals surface area contributed by atoms with E-state index in [9.17, 15) is 5.11 Å². The maximum Gasteiger partial charge on any atom is 0.119 e. The van der Waals surface area contributed by atoms with Crippen molar-refractivity contribution < 1.29 is 9.84 Å². The van der Waals surface area contributed by atoms with Gasteiger partial charge in [0.15, 0.2) is 0 Å². The van der Waals surface area contributed by atoms with Crippen LogP contribution in [-0.2, 0) is 19.4 Å². The molecule has 0 spiro atoms. The molecule has 140 valence electrons. The summed E-state index contributed by atoms with van der Waals surface area (Å²) in [5.41, 5.74) is 3.51. The summed E-state index contributed by atoms with van der Waals surface area (Å²) in [7, 11) is 0. The van der Waals surface area contributed by atoms with E-state index in [1.165, 1.54) is 29.5 Å². The van der Waals surface area contributed by atoms with Crippen molar-refractivity contribution >= 4 is 12.4 Å². The van der Waals surface area contributed by atoms with Crippen molar-refractivity contribution in [2.24, 2.45) is 0 Å². The van der Waals surface area contributed by atoms with E-state index in [1.807, 2.05) is 0 Å². The number of hydrogen-bond donors (Lipinski definition) is 1. The second kappa shape index (κ2) is 8.43. The summed E-state index contributed by atoms with van der Waals surface area (Å²) < 4.78 is 5.96. The number of ether oxygens (including phenoxy) is 1. The lowest BCUT2D eigenvalue weighted by Crippen LogP contribution is -2.47. The van der Waals surface area contributed by atoms with Crippen molar-refractivity contribution in [2.75, 3.05) is 19.7 Å². The van der Waals surface area contributed by atoms with Gasteiger partial charge in [-0.1, -0.05) is 36.4 Å². The third-order valence-electron chi connectivity index (χ3n) is 5.61. The SMILES string of the molecule is Cl.OC1(COc2ccc3c(c2)CCC3)CCN(Cc2ccccc2)CC1. The van der Waals surface area contributed by atoms with Gasteiger partial charge in [-0.3, -0.25) is 4.90 Å². The van der Waals surface area contributed by atoms with Crippen LogP contribution in [-0.4, -0.2) is 35.3 Å². The molecule has 1 heterocycles. The zero-order valence-corrected chi connectivity index (χ0v) is 16.0. The Morgan fingerprint density at radius 2 is 1.69 bits per heavy atom. The van der Waals surface area contributed by atoms with Crippen LogP contribution in [0.1, 0.15) is 36.0 Å². The van der Waals surface area contributed by atoms with Crippen LogP contribution in [0.15, 0.2) is 48.5 Å². The lowest BCUT2D eigenvalue weighted by atomic mass is 9.92. The largest absolute Gasteiger partial charge is 0.491 e. The lowest BCUT2D eigenvalue weighted by Gasteiger charge is -2.38. The molecule has 2 aromatic carbocycles. The zero-order chi connectivity index (χ0) is 17.1. The summed E-state index contributed by atoms with van der Waals surface area (Å²) in [6.07, 6.45) is 5.14. The molecule has 0 bridgehead atoms. The van der Waals surface area contributed by atoms with Crippen LogP contribution in [0.4, 0.5) is 0 Å². The molecule has 0 radical (unpaired) electrons. The number of halogens is 1. The van der Waals surface area contributed by atoms with Gasteiger partial charge in [-0.25, -0.2) is 0 Å². The van der Waals surface area contributed by atoms with Crippen LogP contribution < -0.4 is 4.74 Å². The minimum absolute atomic E-state index is 0. The Balaban J connectivity index is 0.00000196. The van der Waals surface area contributed by atoms with Crippen molar-refractivity contribution in [3.63, 3.8) is 0 Å². The Morgan fingerprint density at radius 1 is 0.962 bits per heavy atom. The Morgan fingerprint density at radius 3 is 2.46 bits per heavy atom. The molecule has 0 aromatic heterocycles. The Hall–Kier alpha value is -1.55. The molecule has 2 aromatic rings. The Kier molecular flexibility index (Phi) is 6.23. The second-order valence-electron chi connectivity index (χ2n) is 7.56. The normalized spacial score (nSPS) is 18.8. The van der Waals surface area contributed by atoms with Crippen LogP contribution in [0.5, 0.6) is 5.75 Å². The monoisotopic (exact) mass is 373 g/mol. The molecule has 1 N–H and O–H groups in total. The minimum Gasteiger partial charge on any atom is -0.491 e. The van der Waals surface area contributed by atoms with E-state index in [0.717, 1.165) is 44.6 Å². The molecular formula is C22H28ClNO2. The van der Waals surface area contributed by atoms with E-state index >= 15 is 0 Å². The quantitative estimate of drug-likeness (QED) is 0.859. The number of likely N-dealkylation sites (tertiary alicyclic amines) is 1. The molecule has 4 rings (SSSR count). The first-order valence-corrected chi connectivity index (χ1v) is 9.44. The molecule has 1 aliphatic heterocycles. The van der Waals surface area contributed by atoms with Crippen molar-refractivity contribution in [1.29, 1.82) is 0 Å². The van der Waals surface area contributed by atoms with Crippen LogP contribution in [0, 0.1) is 0 Å². The minimum atomic E-state index is -0.702. The molecule has 1 fully saturated rings. The van der Waals surface area contributed by atoms with E-state index in [0.29, 0.717) is 6.61 Å². The lowest BCUT2D eigenvalue weighted by molar-refractivity contribution is -0.0537. The van der Waals surface area contributed by atoms with Crippen LogP contribution in [0.25, 0.3) is 0 Å². The van der Waals surface area contributed by atoms with Crippen LogP contribution in [0.2, 0.25) is 0 Å². The first kappa shape index (κ1) is 19.2. The van der Waals surface area contributed by atoms with Gasteiger partial charge in [-0.2, -0.15) is 0 Å². The van der Waals surface area contributed by atoms with E-state index in [2.05, 4.69) is 53.4 Å². The number of aliphatic hydroxyl groups is 1. The molecule has 1 saturated heterocycles. The standard InChI is InChI=1S/C22H27NO2.ClH/c24-22(17-25-21-10-9-19-7-4-8-20(19)15-21)11-13-23(14-12-22)16-18-5-2-1-3-6-18;/h1-3,5-6,9-10,15,24H,4,7-8,11-14,16-17H2;1H. The van der Waals surface area contributed by atoms with Gasteiger partial charge in [-0.05, 0) is 60.9 Å². The molecule has 3 nitrogen and oxygen atoms in total. The average molecular weight is 374 g/mol. The third-order valence-corrected chi connectivity index (χ3v) is 5.61. The molecule has 0 amide bonds. The number of fused-ring (bicyclic) bond motifs is 1. The van der Waals surface area contributed by atoms with Gasteiger partial charge in [0.2, 0.25) is 0 Å². The predicted molar refractivity (Wildman–Crippen MR) is 107 cm³/mol. The number of rotatable bonds is 5. The molecule has 0 saturated carbocycles. The van der Waals surface area contributed by atoms with E-state index in [4.69, 9.17) is 4.74 Å². The fraction of sp³-hybridized carbons (Fsp3) is 0.455. The van der Waals surface area contributed by atoms with Crippen molar-refractivity contribution in [1.82, 2.24) is 4.90 Å². The number of aryl methyl sites for hydroxylation is 2. The molecule has 4 heteroatoms. The fourth-order valence-electron chi connectivity index (χ4n) is 3.97. The van der Waals surface area contributed by atoms with Gasteiger partial charge in [0, 0.05) is 19.6 Å². The second-order valence-corrected chi connectivity index (χ2v) is 7.56. The third kappa shape index (κ3) is 4.59. The maximum absolute atomic E-state index is 10.9. The summed E-state index contributed by atoms with van der Waals surface area (Å²) in [4.78, 5) is 2.42. The van der Waals surface area contributed by atoms with Gasteiger partial charge in [-0.15, -0.1) is 12.4 Å². The van der Waals surface area contributed by atoms with Crippen molar-refractivity contribution in [3.8, 4) is 5.75 Å². The molecule has 0 unspecified atom stereocenters. The van der Waals surface area contributed by atoms with E-state index in [-0.39, 0.29) is 12.4 Å². The first-order chi connectivity index (χ1) is 12.2. The van der Waals surface area contributed by atoms with E-state index < -0.39 is 5.60 Å². The van der Waals surface area contributed by atoms with Gasteiger partial charge in [0.05, 0.1) is 0 Å². The average Bonchev–Trinajstić information content (AvgIpc) is 3.11. The fourth-order valence-corrected chi connectivity index (χ4v) is 3.97. The van der Waals surface area contributed by atoms with Gasteiger partial charge in [0.25, 0.3) is 0 Å². The zero-order valence-electron chi connectivity index (χ0n) is 15.2. The first-order valence-electron chi connectivity index (χ1n) is 9.44. The number of piperidine rings is 1. The van der Waals surface area contributed by atoms with Crippen LogP contribution >= 0.6 is 12.4 Å². The molecule has 2 aliphatic rings. The number of benzene rings is 2. The number of hydrogen-bond acceptors (Lipinski definition) is 3. The molecule has 26 heavy (non-hydrogen) atoms. The van der Waals surface area contributed by atoms with Gasteiger partial charge < -0.3 is 9.84 Å². The van der Waals surface area contributed by atoms with Crippen LogP contribution in [0.3, 0.4) is 0 Å². The molecule has 0 atom stereocenters. The predicted octanol–water partition coefficient (Wildman–Crippen LogP) is 4.00. The Labute approximate surface area is 162 Å². The highest BCUT2D eigenvalue weighted by Gasteiger charge is 2.33. The summed E-state index contributed by atoms with van der Waals surface area (Å²) in [5.74, 6) is 0.904. The highest BCUT2D eigenvalue weighted by atomic mass is 35.5. The summed E-state index contributed by atoms with van der Waals surface area (Å²) in [6, 6.07) is 16.9. The van der Waals surface area contributed by atoms with E-state index in [1.54, 1.807) is 0 Å². The summed E-state index contributed by atoms with van der Waals surface area (Å²) >= 11 is 0. The molecule has 1 aliphatic carbocycles. The summed E-state index contributed by atoms with van der Waals surface area (Å²) in [5, 5.41) is 10.9.